The number of aromatic carboxylic acids is 1. The van der Waals surface area contributed by atoms with Crippen molar-refractivity contribution in [3.8, 4) is 0 Å². The summed E-state index contributed by atoms with van der Waals surface area (Å²) in [5, 5.41) is 12.1. The molecular weight excluding hydrogens is 341 g/mol. The van der Waals surface area contributed by atoms with Crippen molar-refractivity contribution < 1.29 is 14.3 Å². The molecule has 1 aromatic rings. The molecule has 3 nitrogen and oxygen atoms in total. The average molecular weight is 380 g/mol. The molecule has 1 unspecified atom stereocenters. The molecule has 1 rings (SSSR count). The van der Waals surface area contributed by atoms with Crippen LogP contribution in [0.1, 0.15) is 108 Å². The van der Waals surface area contributed by atoms with Gasteiger partial charge in [0.05, 0.1) is 5.56 Å². The van der Waals surface area contributed by atoms with Gasteiger partial charge in [-0.15, -0.1) is 0 Å². The summed E-state index contributed by atoms with van der Waals surface area (Å²) in [5.74, 6) is -1.92. The minimum Gasteiger partial charge on any atom is -0.478 e. The van der Waals surface area contributed by atoms with E-state index in [1.165, 1.54) is 89.2 Å². The molecule has 0 heterocycles. The monoisotopic (exact) mass is 379 g/mol. The highest BCUT2D eigenvalue weighted by atomic mass is 19.1. The molecule has 0 aliphatic rings. The van der Waals surface area contributed by atoms with Gasteiger partial charge in [0.25, 0.3) is 0 Å². The van der Waals surface area contributed by atoms with Crippen molar-refractivity contribution >= 4 is 11.7 Å². The second kappa shape index (κ2) is 14.5. The molecule has 2 N–H and O–H groups in total. The quantitative estimate of drug-likeness (QED) is 0.294. The van der Waals surface area contributed by atoms with Crippen molar-refractivity contribution in [3.63, 3.8) is 0 Å². The Morgan fingerprint density at radius 1 is 0.963 bits per heavy atom. The van der Waals surface area contributed by atoms with E-state index in [4.69, 9.17) is 5.11 Å². The third-order valence-corrected chi connectivity index (χ3v) is 5.10. The smallest absolute Gasteiger partial charge is 0.338 e. The maximum absolute atomic E-state index is 13.7. The summed E-state index contributed by atoms with van der Waals surface area (Å²) < 4.78 is 13.7. The Bertz CT molecular complexity index is 533. The van der Waals surface area contributed by atoms with Crippen molar-refractivity contribution in [2.24, 2.45) is 0 Å². The van der Waals surface area contributed by atoms with Gasteiger partial charge < -0.3 is 10.4 Å². The fourth-order valence-corrected chi connectivity index (χ4v) is 3.43. The molecule has 0 spiro atoms. The molecule has 0 saturated carbocycles. The fourth-order valence-electron chi connectivity index (χ4n) is 3.43. The molecule has 0 aliphatic carbocycles. The lowest BCUT2D eigenvalue weighted by Crippen LogP contribution is -2.15. The average Bonchev–Trinajstić information content (AvgIpc) is 2.62. The predicted octanol–water partition coefficient (Wildman–Crippen LogP) is 7.42. The number of hydrogen-bond acceptors (Lipinski definition) is 2. The van der Waals surface area contributed by atoms with Crippen LogP contribution < -0.4 is 5.32 Å². The van der Waals surface area contributed by atoms with E-state index in [1.54, 1.807) is 6.07 Å². The van der Waals surface area contributed by atoms with Crippen molar-refractivity contribution in [2.75, 3.05) is 5.32 Å². The van der Waals surface area contributed by atoms with E-state index in [1.807, 2.05) is 0 Å². The number of carboxylic acid groups (broad SMARTS) is 1. The van der Waals surface area contributed by atoms with Gasteiger partial charge in [-0.25, -0.2) is 9.18 Å². The molecule has 0 bridgehead atoms. The standard InChI is InChI=1S/C23H38FNO2/c1-3-4-5-6-7-8-9-10-11-12-13-14-15-19(2)25-20-16-17-21(23(26)27)22(24)18-20/h16-19,25H,3-15H2,1-2H3,(H,26,27). The number of carbonyl (C=O) groups is 1. The van der Waals surface area contributed by atoms with E-state index in [0.29, 0.717) is 5.69 Å². The van der Waals surface area contributed by atoms with Crippen LogP contribution in [-0.4, -0.2) is 17.1 Å². The Morgan fingerprint density at radius 2 is 1.48 bits per heavy atom. The Kier molecular flexibility index (Phi) is 12.6. The molecule has 0 radical (unpaired) electrons. The second-order valence-electron chi connectivity index (χ2n) is 7.72. The zero-order chi connectivity index (χ0) is 19.9. The van der Waals surface area contributed by atoms with Crippen LogP contribution in [0.15, 0.2) is 18.2 Å². The summed E-state index contributed by atoms with van der Waals surface area (Å²) in [5.41, 5.74) is 0.359. The van der Waals surface area contributed by atoms with Gasteiger partial charge in [0.2, 0.25) is 0 Å². The van der Waals surface area contributed by atoms with Crippen LogP contribution in [0.25, 0.3) is 0 Å². The van der Waals surface area contributed by atoms with Gasteiger partial charge >= 0.3 is 5.97 Å². The molecule has 0 saturated heterocycles. The largest absolute Gasteiger partial charge is 0.478 e. The predicted molar refractivity (Wildman–Crippen MR) is 112 cm³/mol. The molecule has 1 aromatic carbocycles. The first-order valence-corrected chi connectivity index (χ1v) is 10.8. The number of halogens is 1. The Labute approximate surface area is 164 Å². The first-order valence-electron chi connectivity index (χ1n) is 10.8. The third kappa shape index (κ3) is 11.0. The number of benzene rings is 1. The molecule has 0 aliphatic heterocycles. The maximum Gasteiger partial charge on any atom is 0.338 e. The van der Waals surface area contributed by atoms with Crippen LogP contribution in [-0.2, 0) is 0 Å². The normalized spacial score (nSPS) is 12.1. The zero-order valence-corrected chi connectivity index (χ0v) is 17.2. The lowest BCUT2D eigenvalue weighted by Gasteiger charge is -2.15. The van der Waals surface area contributed by atoms with Gasteiger partial charge in [-0.05, 0) is 31.5 Å². The molecule has 0 amide bonds. The highest BCUT2D eigenvalue weighted by Gasteiger charge is 2.11. The van der Waals surface area contributed by atoms with E-state index in [2.05, 4.69) is 19.2 Å². The second-order valence-corrected chi connectivity index (χ2v) is 7.72. The summed E-state index contributed by atoms with van der Waals surface area (Å²) >= 11 is 0. The van der Waals surface area contributed by atoms with Crippen molar-refractivity contribution in [3.05, 3.63) is 29.6 Å². The number of anilines is 1. The summed E-state index contributed by atoms with van der Waals surface area (Å²) in [4.78, 5) is 10.8. The number of carboxylic acids is 1. The number of hydrogen-bond donors (Lipinski definition) is 2. The first kappa shape index (κ1) is 23.5. The van der Waals surface area contributed by atoms with Gasteiger partial charge in [0, 0.05) is 11.7 Å². The Morgan fingerprint density at radius 3 is 1.96 bits per heavy atom. The Hall–Kier alpha value is -1.58. The van der Waals surface area contributed by atoms with E-state index in [0.717, 1.165) is 6.42 Å². The molecule has 0 fully saturated rings. The van der Waals surface area contributed by atoms with Gasteiger partial charge in [0.15, 0.2) is 0 Å². The summed E-state index contributed by atoms with van der Waals surface area (Å²) in [7, 11) is 0. The molecule has 27 heavy (non-hydrogen) atoms. The van der Waals surface area contributed by atoms with Crippen LogP contribution in [0.5, 0.6) is 0 Å². The van der Waals surface area contributed by atoms with E-state index >= 15 is 0 Å². The van der Waals surface area contributed by atoms with Crippen LogP contribution in [0.4, 0.5) is 10.1 Å². The van der Waals surface area contributed by atoms with Crippen LogP contribution >= 0.6 is 0 Å². The Balaban J connectivity index is 2.02. The SMILES string of the molecule is CCCCCCCCCCCCCCC(C)Nc1ccc(C(=O)O)c(F)c1. The molecule has 1 atom stereocenters. The van der Waals surface area contributed by atoms with E-state index in [9.17, 15) is 9.18 Å². The first-order chi connectivity index (χ1) is 13.0. The zero-order valence-electron chi connectivity index (χ0n) is 17.2. The molecule has 0 aromatic heterocycles. The highest BCUT2D eigenvalue weighted by molar-refractivity contribution is 5.88. The summed E-state index contributed by atoms with van der Waals surface area (Å²) in [6.45, 7) is 4.34. The van der Waals surface area contributed by atoms with Crippen molar-refractivity contribution in [2.45, 2.75) is 103 Å². The molecule has 154 valence electrons. The molecular formula is C23H38FNO2. The topological polar surface area (TPSA) is 49.3 Å². The van der Waals surface area contributed by atoms with Crippen molar-refractivity contribution in [1.82, 2.24) is 0 Å². The number of unbranched alkanes of at least 4 members (excludes halogenated alkanes) is 11. The van der Waals surface area contributed by atoms with Crippen LogP contribution in [0, 0.1) is 5.82 Å². The lowest BCUT2D eigenvalue weighted by atomic mass is 10.0. The summed E-state index contributed by atoms with van der Waals surface area (Å²) in [6, 6.07) is 4.47. The van der Waals surface area contributed by atoms with Gasteiger partial charge in [-0.2, -0.15) is 0 Å². The van der Waals surface area contributed by atoms with E-state index in [-0.39, 0.29) is 11.6 Å². The van der Waals surface area contributed by atoms with Gasteiger partial charge in [-0.1, -0.05) is 84.0 Å². The summed E-state index contributed by atoms with van der Waals surface area (Å²) in [6.07, 6.45) is 17.1. The minimum absolute atomic E-state index is 0.253. The third-order valence-electron chi connectivity index (χ3n) is 5.10. The highest BCUT2D eigenvalue weighted by Crippen LogP contribution is 2.18. The number of nitrogens with one attached hydrogen (secondary N) is 1. The number of rotatable bonds is 16. The maximum atomic E-state index is 13.7. The minimum atomic E-state index is -1.23. The fraction of sp³-hybridized carbons (Fsp3) is 0.696. The van der Waals surface area contributed by atoms with E-state index < -0.39 is 11.8 Å². The van der Waals surface area contributed by atoms with Gasteiger partial charge in [0.1, 0.15) is 5.82 Å². The van der Waals surface area contributed by atoms with Crippen molar-refractivity contribution in [1.29, 1.82) is 0 Å². The molecule has 4 heteroatoms. The van der Waals surface area contributed by atoms with Crippen LogP contribution in [0.3, 0.4) is 0 Å². The van der Waals surface area contributed by atoms with Gasteiger partial charge in [-0.3, -0.25) is 0 Å². The van der Waals surface area contributed by atoms with Crippen LogP contribution in [0.2, 0.25) is 0 Å². The lowest BCUT2D eigenvalue weighted by molar-refractivity contribution is 0.0692.